The van der Waals surface area contributed by atoms with Crippen molar-refractivity contribution < 1.29 is 27.1 Å². The van der Waals surface area contributed by atoms with Crippen molar-refractivity contribution in [2.24, 2.45) is 0 Å². The van der Waals surface area contributed by atoms with E-state index in [1.807, 2.05) is 4.90 Å². The van der Waals surface area contributed by atoms with Crippen molar-refractivity contribution >= 4 is 34.7 Å². The minimum Gasteiger partial charge on any atom is -0.495 e. The van der Waals surface area contributed by atoms with Crippen LogP contribution in [-0.2, 0) is 0 Å². The number of hydrogen-bond acceptors (Lipinski definition) is 7. The van der Waals surface area contributed by atoms with Crippen LogP contribution in [0.25, 0.3) is 5.65 Å². The van der Waals surface area contributed by atoms with Gasteiger partial charge in [-0.3, -0.25) is 9.20 Å². The molecule has 38 heavy (non-hydrogen) atoms. The van der Waals surface area contributed by atoms with Crippen LogP contribution in [0.5, 0.6) is 5.75 Å². The van der Waals surface area contributed by atoms with Crippen molar-refractivity contribution in [1.29, 1.82) is 0 Å². The van der Waals surface area contributed by atoms with Gasteiger partial charge in [-0.15, -0.1) is 0 Å². The molecule has 1 aromatic carbocycles. The summed E-state index contributed by atoms with van der Waals surface area (Å²) in [5.41, 5.74) is -3.00. The Morgan fingerprint density at radius 1 is 1.26 bits per heavy atom. The maximum absolute atomic E-state index is 14.4. The van der Waals surface area contributed by atoms with Crippen LogP contribution in [0.1, 0.15) is 16.1 Å². The smallest absolute Gasteiger partial charge is 0.447 e. The molecule has 2 aromatic heterocycles. The molecule has 1 aliphatic heterocycles. The first-order valence-electron chi connectivity index (χ1n) is 11.6. The van der Waals surface area contributed by atoms with E-state index in [2.05, 4.69) is 32.8 Å². The third-order valence-electron chi connectivity index (χ3n) is 5.86. The summed E-state index contributed by atoms with van der Waals surface area (Å²) in [6.45, 7) is 0.801. The Hall–Kier alpha value is -3.63. The highest BCUT2D eigenvalue weighted by Gasteiger charge is 2.34. The zero-order valence-corrected chi connectivity index (χ0v) is 21.6. The van der Waals surface area contributed by atoms with Crippen molar-refractivity contribution in [3.8, 4) is 17.6 Å². The number of aromatic nitrogens is 2. The highest BCUT2D eigenvalue weighted by Crippen LogP contribution is 2.39. The number of anilines is 2. The lowest BCUT2D eigenvalue weighted by Crippen LogP contribution is -2.29. The summed E-state index contributed by atoms with van der Waals surface area (Å²) in [5, 5.41) is 8.47. The average molecular weight is 551 g/mol. The molecule has 4 rings (SSSR count). The number of rotatable bonds is 7. The van der Waals surface area contributed by atoms with Gasteiger partial charge in [-0.25, -0.2) is 9.37 Å². The highest BCUT2D eigenvalue weighted by atomic mass is 32.2. The number of carbonyl (C=O) groups excluding carboxylic acids is 1. The molecular formula is C25H26F4N6O2S. The van der Waals surface area contributed by atoms with E-state index in [-0.39, 0.29) is 47.1 Å². The van der Waals surface area contributed by atoms with E-state index in [4.69, 9.17) is 4.74 Å². The normalized spacial score (nSPS) is 17.7. The van der Waals surface area contributed by atoms with Gasteiger partial charge in [0, 0.05) is 43.7 Å². The molecule has 202 valence electrons. The Balaban J connectivity index is 1.60. The molecule has 0 unspecified atom stereocenters. The number of halogens is 4. The number of fused-ring (bicyclic) bond motifs is 1. The number of ether oxygens (including phenoxy) is 1. The van der Waals surface area contributed by atoms with Crippen LogP contribution in [-0.4, -0.2) is 78.8 Å². The molecule has 3 heterocycles. The Morgan fingerprint density at radius 3 is 2.71 bits per heavy atom. The van der Waals surface area contributed by atoms with Gasteiger partial charge in [0.15, 0.2) is 5.65 Å². The summed E-state index contributed by atoms with van der Waals surface area (Å²) in [7, 11) is 4.78. The number of alkyl halides is 4. The number of thioether (sulfide) groups is 1. The van der Waals surface area contributed by atoms with E-state index in [0.717, 1.165) is 0 Å². The molecule has 1 aliphatic rings. The zero-order chi connectivity index (χ0) is 27.4. The second kappa shape index (κ2) is 11.4. The summed E-state index contributed by atoms with van der Waals surface area (Å²) < 4.78 is 61.2. The maximum Gasteiger partial charge on any atom is 0.447 e. The Labute approximate surface area is 221 Å². The Morgan fingerprint density at radius 2 is 2.05 bits per heavy atom. The van der Waals surface area contributed by atoms with Crippen LogP contribution in [0.2, 0.25) is 0 Å². The highest BCUT2D eigenvalue weighted by molar-refractivity contribution is 8.00. The summed E-state index contributed by atoms with van der Waals surface area (Å²) >= 11 is -0.308. The Bertz CT molecular complexity index is 1380. The van der Waals surface area contributed by atoms with E-state index in [1.165, 1.54) is 24.8 Å². The second-order valence-corrected chi connectivity index (χ2v) is 9.62. The van der Waals surface area contributed by atoms with E-state index in [1.54, 1.807) is 37.4 Å². The minimum atomic E-state index is -4.56. The van der Waals surface area contributed by atoms with Crippen LogP contribution in [0, 0.1) is 11.8 Å². The van der Waals surface area contributed by atoms with Gasteiger partial charge in [0.05, 0.1) is 31.1 Å². The fourth-order valence-electron chi connectivity index (χ4n) is 4.12. The predicted molar refractivity (Wildman–Crippen MR) is 139 cm³/mol. The molecule has 0 bridgehead atoms. The fraction of sp³-hybridized carbons (Fsp3) is 0.360. The molecule has 1 amide bonds. The van der Waals surface area contributed by atoms with Crippen molar-refractivity contribution in [3.05, 3.63) is 47.8 Å². The molecule has 3 aromatic rings. The number of carbonyl (C=O) groups is 1. The first kappa shape index (κ1) is 27.4. The van der Waals surface area contributed by atoms with Crippen LogP contribution in [0.3, 0.4) is 0 Å². The van der Waals surface area contributed by atoms with Crippen molar-refractivity contribution in [1.82, 2.24) is 19.6 Å². The van der Waals surface area contributed by atoms with Crippen LogP contribution >= 0.6 is 11.8 Å². The molecule has 0 radical (unpaired) electrons. The summed E-state index contributed by atoms with van der Waals surface area (Å²) in [4.78, 5) is 18.1. The van der Waals surface area contributed by atoms with E-state index in [9.17, 15) is 22.4 Å². The second-order valence-electron chi connectivity index (χ2n) is 8.57. The SMILES string of the molecule is CNC(=O)c1ccc(NCC#Cc2nc3c(N[C@@H]4CN(C)C[C@@H]4F)cccn3c2SC(F)(F)F)c(OC)c1. The maximum atomic E-state index is 14.4. The molecule has 13 heteroatoms. The van der Waals surface area contributed by atoms with Gasteiger partial charge in [-0.2, -0.15) is 13.2 Å². The lowest BCUT2D eigenvalue weighted by molar-refractivity contribution is -0.0330. The van der Waals surface area contributed by atoms with Gasteiger partial charge in [-0.05, 0) is 43.3 Å². The van der Waals surface area contributed by atoms with Crippen LogP contribution < -0.4 is 20.7 Å². The van der Waals surface area contributed by atoms with E-state index >= 15 is 0 Å². The van der Waals surface area contributed by atoms with E-state index in [0.29, 0.717) is 29.2 Å². The van der Waals surface area contributed by atoms with Gasteiger partial charge < -0.3 is 25.6 Å². The summed E-state index contributed by atoms with van der Waals surface area (Å²) in [6, 6.07) is 7.55. The van der Waals surface area contributed by atoms with Gasteiger partial charge in [-0.1, -0.05) is 5.92 Å². The van der Waals surface area contributed by atoms with Crippen molar-refractivity contribution in [3.63, 3.8) is 0 Å². The molecule has 3 N–H and O–H groups in total. The lowest BCUT2D eigenvalue weighted by Gasteiger charge is -2.16. The third kappa shape index (κ3) is 6.25. The number of hydrogen-bond donors (Lipinski definition) is 3. The minimum absolute atomic E-state index is 0.0503. The van der Waals surface area contributed by atoms with E-state index < -0.39 is 17.7 Å². The molecule has 1 fully saturated rings. The first-order chi connectivity index (χ1) is 18.1. The number of imidazole rings is 1. The van der Waals surface area contributed by atoms with Gasteiger partial charge in [0.2, 0.25) is 0 Å². The molecule has 0 saturated carbocycles. The van der Waals surface area contributed by atoms with Crippen molar-refractivity contribution in [2.75, 3.05) is 51.5 Å². The number of methoxy groups -OCH3 is 1. The third-order valence-corrected chi connectivity index (χ3v) is 6.67. The number of likely N-dealkylation sites (tertiary alicyclic amines) is 1. The average Bonchev–Trinajstić information content (AvgIpc) is 3.38. The molecule has 8 nitrogen and oxygen atoms in total. The number of nitrogens with zero attached hydrogens (tertiary/aromatic N) is 3. The molecule has 1 saturated heterocycles. The number of nitrogens with one attached hydrogen (secondary N) is 3. The molecular weight excluding hydrogens is 524 g/mol. The zero-order valence-electron chi connectivity index (χ0n) is 20.8. The van der Waals surface area contributed by atoms with Crippen molar-refractivity contribution in [2.45, 2.75) is 22.7 Å². The number of likely N-dealkylation sites (N-methyl/N-ethyl adjacent to an activating group) is 1. The Kier molecular flexibility index (Phi) is 8.23. The number of benzene rings is 1. The quantitative estimate of drug-likeness (QED) is 0.234. The predicted octanol–water partition coefficient (Wildman–Crippen LogP) is 3.84. The lowest BCUT2D eigenvalue weighted by atomic mass is 10.1. The summed E-state index contributed by atoms with van der Waals surface area (Å²) in [6.07, 6.45) is 0.351. The number of pyridine rings is 1. The van der Waals surface area contributed by atoms with Gasteiger partial charge in [0.25, 0.3) is 5.91 Å². The van der Waals surface area contributed by atoms with Gasteiger partial charge >= 0.3 is 5.51 Å². The monoisotopic (exact) mass is 550 g/mol. The van der Waals surface area contributed by atoms with Crippen LogP contribution in [0.15, 0.2) is 41.6 Å². The topological polar surface area (TPSA) is 82.9 Å². The standard InChI is InChI=1S/C25H26F4N6O2S/c1-30-23(36)15-8-9-17(21(12-15)37-3)31-10-4-6-19-24(38-25(27,28)29)35-11-5-7-18(22(35)33-19)32-20-14-34(2)13-16(20)26/h5,7-9,11-12,16,20,31-32H,10,13-14H2,1-3H3,(H,30,36)/t16-,20+/m0/s1. The fourth-order valence-corrected chi connectivity index (χ4v) is 4.78. The first-order valence-corrected chi connectivity index (χ1v) is 12.4. The largest absolute Gasteiger partial charge is 0.495 e. The summed E-state index contributed by atoms with van der Waals surface area (Å²) in [5.74, 6) is 5.67. The molecule has 0 spiro atoms. The molecule has 0 aliphatic carbocycles. The van der Waals surface area contributed by atoms with Crippen LogP contribution in [0.4, 0.5) is 28.9 Å². The number of amides is 1. The molecule has 2 atom stereocenters. The van der Waals surface area contributed by atoms with Gasteiger partial charge in [0.1, 0.15) is 22.6 Å².